The number of nitrogens with zero attached hydrogens (tertiary/aromatic N) is 5. The van der Waals surface area contributed by atoms with Crippen LogP contribution in [0.5, 0.6) is 0 Å². The molecule has 0 atom stereocenters. The first-order chi connectivity index (χ1) is 11.1. The first kappa shape index (κ1) is 13.6. The minimum absolute atomic E-state index is 0.580. The zero-order chi connectivity index (χ0) is 16.0. The quantitative estimate of drug-likeness (QED) is 0.567. The predicted molar refractivity (Wildman–Crippen MR) is 86.4 cm³/mol. The molecule has 6 heteroatoms. The Morgan fingerprint density at radius 2 is 1.74 bits per heavy atom. The van der Waals surface area contributed by atoms with E-state index in [2.05, 4.69) is 46.0 Å². The van der Waals surface area contributed by atoms with Gasteiger partial charge in [-0.15, -0.1) is 0 Å². The Kier molecular flexibility index (Phi) is 2.97. The number of hydrogen-bond acceptors (Lipinski definition) is 5. The first-order valence-electron chi connectivity index (χ1n) is 7.34. The second kappa shape index (κ2) is 5.01. The molecule has 0 radical (unpaired) electrons. The summed E-state index contributed by atoms with van der Waals surface area (Å²) in [5, 5.41) is 4.39. The first-order valence-corrected chi connectivity index (χ1v) is 7.34. The Hall–Kier alpha value is -3.02. The molecule has 0 unspecified atom stereocenters. The van der Waals surface area contributed by atoms with Crippen molar-refractivity contribution in [2.75, 3.05) is 0 Å². The normalized spacial score (nSPS) is 11.3. The predicted octanol–water partition coefficient (Wildman–Crippen LogP) is 3.40. The van der Waals surface area contributed by atoms with Crippen LogP contribution in [-0.4, -0.2) is 24.7 Å². The van der Waals surface area contributed by atoms with Crippen molar-refractivity contribution < 1.29 is 4.42 Å². The second-order valence-electron chi connectivity index (χ2n) is 5.49. The molecule has 3 aromatic heterocycles. The summed E-state index contributed by atoms with van der Waals surface area (Å²) in [4.78, 5) is 13.2. The van der Waals surface area contributed by atoms with Gasteiger partial charge in [-0.3, -0.25) is 0 Å². The fraction of sp³-hybridized carbons (Fsp3) is 0.176. The van der Waals surface area contributed by atoms with Crippen molar-refractivity contribution in [2.45, 2.75) is 20.8 Å². The van der Waals surface area contributed by atoms with Crippen LogP contribution in [0.2, 0.25) is 0 Å². The standard InChI is InChI=1S/C17H15N5O/c1-10-5-4-6-11(2)15(10)22-17(18-9-19-22)13-7-8-14-16(21-13)20-12(3)23-14/h4-9H,1-3H3. The van der Waals surface area contributed by atoms with Crippen LogP contribution in [0.3, 0.4) is 0 Å². The average molecular weight is 305 g/mol. The summed E-state index contributed by atoms with van der Waals surface area (Å²) >= 11 is 0. The number of benzene rings is 1. The SMILES string of the molecule is Cc1nc2nc(-c3ncnn3-c3c(C)cccc3C)ccc2o1. The highest BCUT2D eigenvalue weighted by molar-refractivity contribution is 5.72. The van der Waals surface area contributed by atoms with Crippen molar-refractivity contribution in [3.63, 3.8) is 0 Å². The van der Waals surface area contributed by atoms with E-state index >= 15 is 0 Å². The molecule has 0 N–H and O–H groups in total. The molecular weight excluding hydrogens is 290 g/mol. The smallest absolute Gasteiger partial charge is 0.199 e. The Morgan fingerprint density at radius 1 is 0.957 bits per heavy atom. The summed E-state index contributed by atoms with van der Waals surface area (Å²) in [7, 11) is 0. The molecule has 0 aliphatic rings. The van der Waals surface area contributed by atoms with E-state index in [1.54, 1.807) is 13.3 Å². The van der Waals surface area contributed by atoms with E-state index in [-0.39, 0.29) is 0 Å². The Bertz CT molecular complexity index is 995. The fourth-order valence-corrected chi connectivity index (χ4v) is 2.77. The molecule has 0 fully saturated rings. The molecule has 4 aromatic rings. The van der Waals surface area contributed by atoms with Crippen molar-refractivity contribution in [3.05, 3.63) is 53.7 Å². The molecule has 4 rings (SSSR count). The van der Waals surface area contributed by atoms with E-state index < -0.39 is 0 Å². The summed E-state index contributed by atoms with van der Waals surface area (Å²) < 4.78 is 7.30. The number of pyridine rings is 1. The molecular formula is C17H15N5O. The summed E-state index contributed by atoms with van der Waals surface area (Å²) in [6.45, 7) is 5.93. The highest BCUT2D eigenvalue weighted by atomic mass is 16.3. The largest absolute Gasteiger partial charge is 0.439 e. The van der Waals surface area contributed by atoms with E-state index in [1.165, 1.54) is 0 Å². The molecule has 0 amide bonds. The third kappa shape index (κ3) is 2.19. The van der Waals surface area contributed by atoms with Crippen LogP contribution < -0.4 is 0 Å². The number of fused-ring (bicyclic) bond motifs is 1. The number of oxazole rings is 1. The van der Waals surface area contributed by atoms with Crippen LogP contribution in [0.15, 0.2) is 41.1 Å². The number of aromatic nitrogens is 5. The molecule has 0 saturated heterocycles. The minimum atomic E-state index is 0.580. The molecule has 0 saturated carbocycles. The molecule has 23 heavy (non-hydrogen) atoms. The lowest BCUT2D eigenvalue weighted by atomic mass is 10.1. The zero-order valence-corrected chi connectivity index (χ0v) is 13.1. The molecule has 3 heterocycles. The van der Waals surface area contributed by atoms with Crippen molar-refractivity contribution in [1.82, 2.24) is 24.7 Å². The van der Waals surface area contributed by atoms with Crippen molar-refractivity contribution in [1.29, 1.82) is 0 Å². The average Bonchev–Trinajstić information content (AvgIpc) is 3.11. The molecule has 0 spiro atoms. The number of rotatable bonds is 2. The summed E-state index contributed by atoms with van der Waals surface area (Å²) in [6, 6.07) is 9.90. The third-order valence-corrected chi connectivity index (χ3v) is 3.79. The zero-order valence-electron chi connectivity index (χ0n) is 13.1. The molecule has 0 aliphatic heterocycles. The van der Waals surface area contributed by atoms with Crippen LogP contribution in [0.4, 0.5) is 0 Å². The lowest BCUT2D eigenvalue weighted by molar-refractivity contribution is 0.561. The Balaban J connectivity index is 1.91. The van der Waals surface area contributed by atoms with E-state index in [1.807, 2.05) is 22.9 Å². The van der Waals surface area contributed by atoms with E-state index in [4.69, 9.17) is 4.42 Å². The minimum Gasteiger partial charge on any atom is -0.439 e. The van der Waals surface area contributed by atoms with E-state index in [0.717, 1.165) is 16.8 Å². The summed E-state index contributed by atoms with van der Waals surface area (Å²) in [6.07, 6.45) is 1.54. The highest BCUT2D eigenvalue weighted by Gasteiger charge is 2.15. The van der Waals surface area contributed by atoms with Gasteiger partial charge in [0, 0.05) is 6.92 Å². The lowest BCUT2D eigenvalue weighted by Gasteiger charge is -2.11. The molecule has 0 bridgehead atoms. The van der Waals surface area contributed by atoms with Crippen molar-refractivity contribution >= 4 is 11.2 Å². The van der Waals surface area contributed by atoms with Gasteiger partial charge in [-0.25, -0.2) is 14.6 Å². The maximum atomic E-state index is 5.48. The van der Waals surface area contributed by atoms with E-state index in [9.17, 15) is 0 Å². The van der Waals surface area contributed by atoms with Gasteiger partial charge in [-0.05, 0) is 37.1 Å². The van der Waals surface area contributed by atoms with Gasteiger partial charge in [-0.2, -0.15) is 10.1 Å². The molecule has 1 aromatic carbocycles. The maximum Gasteiger partial charge on any atom is 0.199 e. The van der Waals surface area contributed by atoms with E-state index in [0.29, 0.717) is 28.6 Å². The summed E-state index contributed by atoms with van der Waals surface area (Å²) in [5.74, 6) is 1.28. The van der Waals surface area contributed by atoms with Crippen LogP contribution in [-0.2, 0) is 0 Å². The number of para-hydroxylation sites is 1. The van der Waals surface area contributed by atoms with Crippen LogP contribution in [0.1, 0.15) is 17.0 Å². The molecule has 114 valence electrons. The highest BCUT2D eigenvalue weighted by Crippen LogP contribution is 2.25. The van der Waals surface area contributed by atoms with Gasteiger partial charge in [0.15, 0.2) is 22.9 Å². The van der Waals surface area contributed by atoms with Crippen LogP contribution >= 0.6 is 0 Å². The fourth-order valence-electron chi connectivity index (χ4n) is 2.77. The van der Waals surface area contributed by atoms with Gasteiger partial charge in [0.1, 0.15) is 12.0 Å². The topological polar surface area (TPSA) is 69.6 Å². The Morgan fingerprint density at radius 3 is 2.52 bits per heavy atom. The third-order valence-electron chi connectivity index (χ3n) is 3.79. The maximum absolute atomic E-state index is 5.48. The van der Waals surface area contributed by atoms with Crippen molar-refractivity contribution in [2.24, 2.45) is 0 Å². The molecule has 6 nitrogen and oxygen atoms in total. The van der Waals surface area contributed by atoms with Gasteiger partial charge in [0.2, 0.25) is 0 Å². The van der Waals surface area contributed by atoms with Gasteiger partial charge in [0.25, 0.3) is 0 Å². The van der Waals surface area contributed by atoms with Gasteiger partial charge in [0.05, 0.1) is 5.69 Å². The van der Waals surface area contributed by atoms with Gasteiger partial charge < -0.3 is 4.42 Å². The van der Waals surface area contributed by atoms with Gasteiger partial charge in [-0.1, -0.05) is 18.2 Å². The number of hydrogen-bond donors (Lipinski definition) is 0. The monoisotopic (exact) mass is 305 g/mol. The van der Waals surface area contributed by atoms with Crippen molar-refractivity contribution in [3.8, 4) is 17.2 Å². The van der Waals surface area contributed by atoms with Crippen LogP contribution in [0.25, 0.3) is 28.4 Å². The van der Waals surface area contributed by atoms with Crippen LogP contribution in [0, 0.1) is 20.8 Å². The second-order valence-corrected chi connectivity index (χ2v) is 5.49. The number of aryl methyl sites for hydroxylation is 3. The summed E-state index contributed by atoms with van der Waals surface area (Å²) in [5.41, 5.74) is 5.26. The van der Waals surface area contributed by atoms with Gasteiger partial charge >= 0.3 is 0 Å². The Labute approximate surface area is 132 Å². The molecule has 0 aliphatic carbocycles. The lowest BCUT2D eigenvalue weighted by Crippen LogP contribution is -2.05.